The highest BCUT2D eigenvalue weighted by Crippen LogP contribution is 2.14. The van der Waals surface area contributed by atoms with Crippen molar-refractivity contribution in [2.24, 2.45) is 10.4 Å². The molecule has 5 heteroatoms. The third-order valence-corrected chi connectivity index (χ3v) is 3.15. The van der Waals surface area contributed by atoms with Crippen LogP contribution in [0.4, 0.5) is 0 Å². The van der Waals surface area contributed by atoms with Gasteiger partial charge < -0.3 is 15.1 Å². The van der Waals surface area contributed by atoms with E-state index in [1.165, 1.54) is 5.56 Å². The summed E-state index contributed by atoms with van der Waals surface area (Å²) < 4.78 is 0. The zero-order valence-electron chi connectivity index (χ0n) is 14.8. The molecule has 0 aliphatic heterocycles. The molecule has 0 aliphatic rings. The van der Waals surface area contributed by atoms with Crippen molar-refractivity contribution in [2.45, 2.75) is 20.4 Å². The summed E-state index contributed by atoms with van der Waals surface area (Å²) >= 11 is 0. The zero-order valence-corrected chi connectivity index (χ0v) is 17.1. The number of aliphatic imine (C=N–C) groups is 1. The fourth-order valence-corrected chi connectivity index (χ4v) is 2.34. The molecule has 0 amide bonds. The molecular weight excluding hydrogens is 387 g/mol. The molecule has 0 aromatic heterocycles. The minimum Gasteiger partial charge on any atom is -0.356 e. The fraction of sp³-hybridized carbons (Fsp3) is 0.588. The molecule has 0 bridgehead atoms. The molecule has 0 radical (unpaired) electrons. The van der Waals surface area contributed by atoms with Crippen LogP contribution < -0.4 is 5.32 Å². The second-order valence-corrected chi connectivity index (χ2v) is 6.78. The van der Waals surface area contributed by atoms with Crippen LogP contribution in [-0.2, 0) is 6.54 Å². The van der Waals surface area contributed by atoms with Gasteiger partial charge in [0.1, 0.15) is 0 Å². The Labute approximate surface area is 153 Å². The van der Waals surface area contributed by atoms with Gasteiger partial charge in [-0.3, -0.25) is 0 Å². The molecular formula is C17H31IN4. The van der Waals surface area contributed by atoms with Crippen LogP contribution >= 0.6 is 24.0 Å². The Morgan fingerprint density at radius 2 is 1.68 bits per heavy atom. The summed E-state index contributed by atoms with van der Waals surface area (Å²) in [6.45, 7) is 7.18. The molecule has 0 heterocycles. The molecule has 4 nitrogen and oxygen atoms in total. The molecule has 0 atom stereocenters. The Kier molecular flexibility index (Phi) is 9.67. The molecule has 1 aromatic rings. The predicted molar refractivity (Wildman–Crippen MR) is 107 cm³/mol. The Bertz CT molecular complexity index is 441. The third-order valence-electron chi connectivity index (χ3n) is 3.15. The van der Waals surface area contributed by atoms with Gasteiger partial charge in [0.2, 0.25) is 0 Å². The fourth-order valence-electron chi connectivity index (χ4n) is 2.34. The predicted octanol–water partition coefficient (Wildman–Crippen LogP) is 2.90. The lowest BCUT2D eigenvalue weighted by Crippen LogP contribution is -2.44. The number of guanidine groups is 1. The second-order valence-electron chi connectivity index (χ2n) is 6.78. The minimum absolute atomic E-state index is 0. The molecule has 22 heavy (non-hydrogen) atoms. The van der Waals surface area contributed by atoms with E-state index in [0.717, 1.165) is 19.0 Å². The smallest absolute Gasteiger partial charge is 0.193 e. The van der Waals surface area contributed by atoms with Gasteiger partial charge in [-0.25, -0.2) is 4.99 Å². The maximum absolute atomic E-state index is 4.69. The van der Waals surface area contributed by atoms with Crippen molar-refractivity contribution in [1.29, 1.82) is 0 Å². The van der Waals surface area contributed by atoms with E-state index in [1.54, 1.807) is 0 Å². The Balaban J connectivity index is 0.00000441. The summed E-state index contributed by atoms with van der Waals surface area (Å²) in [6, 6.07) is 10.3. The van der Waals surface area contributed by atoms with Crippen LogP contribution in [0, 0.1) is 5.41 Å². The number of hydrogen-bond acceptors (Lipinski definition) is 2. The van der Waals surface area contributed by atoms with Gasteiger partial charge in [0.15, 0.2) is 5.96 Å². The molecule has 0 unspecified atom stereocenters. The summed E-state index contributed by atoms with van der Waals surface area (Å²) in [7, 11) is 8.27. The third kappa shape index (κ3) is 8.58. The van der Waals surface area contributed by atoms with Crippen LogP contribution in [0.5, 0.6) is 0 Å². The first-order chi connectivity index (χ1) is 9.80. The van der Waals surface area contributed by atoms with Crippen molar-refractivity contribution >= 4 is 29.9 Å². The average Bonchev–Trinajstić information content (AvgIpc) is 2.37. The summed E-state index contributed by atoms with van der Waals surface area (Å²) in [5.74, 6) is 0.936. The van der Waals surface area contributed by atoms with Gasteiger partial charge in [-0.1, -0.05) is 44.2 Å². The van der Waals surface area contributed by atoms with Crippen molar-refractivity contribution in [1.82, 2.24) is 15.1 Å². The Hall–Kier alpha value is -0.820. The average molecular weight is 418 g/mol. The molecule has 126 valence electrons. The number of rotatable bonds is 6. The number of benzene rings is 1. The Morgan fingerprint density at radius 1 is 1.09 bits per heavy atom. The highest BCUT2D eigenvalue weighted by molar-refractivity contribution is 14.0. The summed E-state index contributed by atoms with van der Waals surface area (Å²) in [5, 5.41) is 3.48. The summed E-state index contributed by atoms with van der Waals surface area (Å²) in [6.07, 6.45) is 0. The molecule has 0 spiro atoms. The standard InChI is InChI=1S/C17H30N4.HI/c1-17(2,14-20(3)4)13-19-16(21(5)6)18-12-15-10-8-7-9-11-15;/h7-11H,12-14H2,1-6H3,(H,18,19);1H. The van der Waals surface area contributed by atoms with E-state index in [-0.39, 0.29) is 29.4 Å². The van der Waals surface area contributed by atoms with Crippen molar-refractivity contribution in [2.75, 3.05) is 41.3 Å². The van der Waals surface area contributed by atoms with Crippen molar-refractivity contribution in [3.05, 3.63) is 35.9 Å². The van der Waals surface area contributed by atoms with E-state index in [9.17, 15) is 0 Å². The normalized spacial score (nSPS) is 12.0. The first-order valence-electron chi connectivity index (χ1n) is 7.44. The number of halogens is 1. The van der Waals surface area contributed by atoms with E-state index in [4.69, 9.17) is 4.99 Å². The van der Waals surface area contributed by atoms with E-state index < -0.39 is 0 Å². The van der Waals surface area contributed by atoms with E-state index in [2.05, 4.69) is 50.3 Å². The van der Waals surface area contributed by atoms with Crippen molar-refractivity contribution in [3.8, 4) is 0 Å². The van der Waals surface area contributed by atoms with Gasteiger partial charge in [-0.15, -0.1) is 24.0 Å². The Morgan fingerprint density at radius 3 is 2.18 bits per heavy atom. The van der Waals surface area contributed by atoms with Crippen molar-refractivity contribution < 1.29 is 0 Å². The highest BCUT2D eigenvalue weighted by Gasteiger charge is 2.19. The number of nitrogens with zero attached hydrogens (tertiary/aromatic N) is 3. The molecule has 0 saturated heterocycles. The second kappa shape index (κ2) is 10.0. The van der Waals surface area contributed by atoms with Crippen LogP contribution in [0.25, 0.3) is 0 Å². The number of nitrogens with one attached hydrogen (secondary N) is 1. The lowest BCUT2D eigenvalue weighted by molar-refractivity contribution is 0.239. The maximum atomic E-state index is 4.69. The lowest BCUT2D eigenvalue weighted by atomic mass is 9.93. The molecule has 0 aliphatic carbocycles. The molecule has 0 saturated carbocycles. The van der Waals surface area contributed by atoms with E-state index >= 15 is 0 Å². The van der Waals surface area contributed by atoms with E-state index in [1.807, 2.05) is 37.2 Å². The van der Waals surface area contributed by atoms with E-state index in [0.29, 0.717) is 6.54 Å². The van der Waals surface area contributed by atoms with Crippen LogP contribution in [0.15, 0.2) is 35.3 Å². The maximum Gasteiger partial charge on any atom is 0.193 e. The van der Waals surface area contributed by atoms with Gasteiger partial charge in [0.25, 0.3) is 0 Å². The minimum atomic E-state index is 0. The largest absolute Gasteiger partial charge is 0.356 e. The van der Waals surface area contributed by atoms with Gasteiger partial charge in [-0.05, 0) is 25.1 Å². The van der Waals surface area contributed by atoms with Crippen LogP contribution in [0.1, 0.15) is 19.4 Å². The van der Waals surface area contributed by atoms with Gasteiger partial charge in [0.05, 0.1) is 6.54 Å². The first-order valence-corrected chi connectivity index (χ1v) is 7.44. The molecule has 0 fully saturated rings. The SMILES string of the molecule is CN(C)CC(C)(C)CNC(=NCc1ccccc1)N(C)C.I. The molecule has 1 N–H and O–H groups in total. The van der Waals surface area contributed by atoms with Crippen molar-refractivity contribution in [3.63, 3.8) is 0 Å². The lowest BCUT2D eigenvalue weighted by Gasteiger charge is -2.30. The number of hydrogen-bond donors (Lipinski definition) is 1. The van der Waals surface area contributed by atoms with Crippen LogP contribution in [0.3, 0.4) is 0 Å². The van der Waals surface area contributed by atoms with Gasteiger partial charge >= 0.3 is 0 Å². The molecule has 1 aromatic carbocycles. The molecule has 1 rings (SSSR count). The summed E-state index contributed by atoms with van der Waals surface area (Å²) in [5.41, 5.74) is 1.43. The van der Waals surface area contributed by atoms with Gasteiger partial charge in [0, 0.05) is 27.2 Å². The van der Waals surface area contributed by atoms with Crippen LogP contribution in [-0.4, -0.2) is 57.0 Å². The summed E-state index contributed by atoms with van der Waals surface area (Å²) in [4.78, 5) is 8.95. The first kappa shape index (κ1) is 21.2. The highest BCUT2D eigenvalue weighted by atomic mass is 127. The van der Waals surface area contributed by atoms with Crippen LogP contribution in [0.2, 0.25) is 0 Å². The quantitative estimate of drug-likeness (QED) is 0.438. The van der Waals surface area contributed by atoms with Gasteiger partial charge in [-0.2, -0.15) is 0 Å². The monoisotopic (exact) mass is 418 g/mol. The topological polar surface area (TPSA) is 30.9 Å². The zero-order chi connectivity index (χ0) is 15.9.